The molecule has 0 bridgehead atoms. The van der Waals surface area contributed by atoms with Gasteiger partial charge in [0, 0.05) is 16.9 Å². The third-order valence-electron chi connectivity index (χ3n) is 3.33. The average Bonchev–Trinajstić information content (AvgIpc) is 2.09. The Balaban J connectivity index is 2.79. The standard InChI is InChI=1S/C11H18O3/c1-4-9(8(3)10(12)13)11(5-2)6-14-7-11/h9H,3-7H2,1-2H3,(H,12,13). The minimum atomic E-state index is -0.878. The molecule has 1 saturated heterocycles. The molecule has 0 aromatic rings. The number of carbonyl (C=O) groups is 1. The van der Waals surface area contributed by atoms with Crippen LogP contribution in [0, 0.1) is 11.3 Å². The van der Waals surface area contributed by atoms with Crippen LogP contribution < -0.4 is 0 Å². The highest BCUT2D eigenvalue weighted by Crippen LogP contribution is 2.44. The number of rotatable bonds is 5. The molecular formula is C11H18O3. The monoisotopic (exact) mass is 198 g/mol. The van der Waals surface area contributed by atoms with Crippen molar-refractivity contribution in [3.05, 3.63) is 12.2 Å². The Bertz CT molecular complexity index is 235. The van der Waals surface area contributed by atoms with Gasteiger partial charge < -0.3 is 9.84 Å². The van der Waals surface area contributed by atoms with Gasteiger partial charge in [-0.3, -0.25) is 0 Å². The first-order valence-electron chi connectivity index (χ1n) is 5.07. The number of hydrogen-bond donors (Lipinski definition) is 1. The fourth-order valence-electron chi connectivity index (χ4n) is 2.21. The molecule has 0 saturated carbocycles. The van der Waals surface area contributed by atoms with E-state index in [4.69, 9.17) is 9.84 Å². The summed E-state index contributed by atoms with van der Waals surface area (Å²) in [6, 6.07) is 0. The second kappa shape index (κ2) is 4.13. The summed E-state index contributed by atoms with van der Waals surface area (Å²) in [7, 11) is 0. The number of ether oxygens (including phenoxy) is 1. The van der Waals surface area contributed by atoms with Crippen molar-refractivity contribution in [1.82, 2.24) is 0 Å². The highest BCUT2D eigenvalue weighted by molar-refractivity contribution is 5.86. The molecule has 1 rings (SSSR count). The van der Waals surface area contributed by atoms with Gasteiger partial charge in [-0.05, 0) is 12.8 Å². The molecular weight excluding hydrogens is 180 g/mol. The zero-order valence-electron chi connectivity index (χ0n) is 8.88. The van der Waals surface area contributed by atoms with E-state index in [1.54, 1.807) is 0 Å². The number of hydrogen-bond acceptors (Lipinski definition) is 2. The van der Waals surface area contributed by atoms with Crippen LogP contribution in [0.5, 0.6) is 0 Å². The van der Waals surface area contributed by atoms with Crippen molar-refractivity contribution >= 4 is 5.97 Å². The summed E-state index contributed by atoms with van der Waals surface area (Å²) < 4.78 is 5.21. The van der Waals surface area contributed by atoms with Gasteiger partial charge in [0.1, 0.15) is 0 Å². The molecule has 1 heterocycles. The largest absolute Gasteiger partial charge is 0.478 e. The fourth-order valence-corrected chi connectivity index (χ4v) is 2.21. The first kappa shape index (κ1) is 11.2. The van der Waals surface area contributed by atoms with E-state index in [0.29, 0.717) is 18.8 Å². The SMILES string of the molecule is C=C(C(=O)O)C(CC)C1(CC)COC1. The molecule has 0 aromatic carbocycles. The van der Waals surface area contributed by atoms with Crippen LogP contribution in [0.1, 0.15) is 26.7 Å². The van der Waals surface area contributed by atoms with Gasteiger partial charge in [-0.25, -0.2) is 4.79 Å². The van der Waals surface area contributed by atoms with E-state index in [9.17, 15) is 4.79 Å². The predicted octanol–water partition coefficient (Wildman–Crippen LogP) is 2.08. The number of carboxylic acid groups (broad SMARTS) is 1. The summed E-state index contributed by atoms with van der Waals surface area (Å²) in [6.45, 7) is 9.11. The van der Waals surface area contributed by atoms with Crippen LogP contribution in [0.3, 0.4) is 0 Å². The average molecular weight is 198 g/mol. The Morgan fingerprint density at radius 3 is 2.36 bits per heavy atom. The van der Waals surface area contributed by atoms with E-state index in [0.717, 1.165) is 12.8 Å². The molecule has 0 aliphatic carbocycles. The maximum absolute atomic E-state index is 10.9. The van der Waals surface area contributed by atoms with E-state index in [1.807, 2.05) is 6.92 Å². The smallest absolute Gasteiger partial charge is 0.331 e. The van der Waals surface area contributed by atoms with Crippen molar-refractivity contribution in [2.24, 2.45) is 11.3 Å². The van der Waals surface area contributed by atoms with Crippen LogP contribution in [0.25, 0.3) is 0 Å². The molecule has 80 valence electrons. The van der Waals surface area contributed by atoms with Crippen LogP contribution >= 0.6 is 0 Å². The number of carboxylic acids is 1. The van der Waals surface area contributed by atoms with Crippen molar-refractivity contribution in [1.29, 1.82) is 0 Å². The summed E-state index contributed by atoms with van der Waals surface area (Å²) in [4.78, 5) is 10.9. The lowest BCUT2D eigenvalue weighted by atomic mass is 9.67. The van der Waals surface area contributed by atoms with Gasteiger partial charge in [0.25, 0.3) is 0 Å². The second-order valence-corrected chi connectivity index (χ2v) is 4.00. The molecule has 1 N–H and O–H groups in total. The molecule has 0 aromatic heterocycles. The summed E-state index contributed by atoms with van der Waals surface area (Å²) in [5, 5.41) is 8.92. The minimum absolute atomic E-state index is 0.0320. The van der Waals surface area contributed by atoms with Gasteiger partial charge in [-0.15, -0.1) is 0 Å². The topological polar surface area (TPSA) is 46.5 Å². The molecule has 1 aliphatic rings. The molecule has 3 nitrogen and oxygen atoms in total. The molecule has 1 atom stereocenters. The molecule has 0 amide bonds. The molecule has 1 fully saturated rings. The first-order chi connectivity index (χ1) is 6.57. The van der Waals surface area contributed by atoms with Crippen molar-refractivity contribution in [3.63, 3.8) is 0 Å². The van der Waals surface area contributed by atoms with Gasteiger partial charge in [-0.1, -0.05) is 20.4 Å². The normalized spacial score (nSPS) is 21.0. The molecule has 0 radical (unpaired) electrons. The highest BCUT2D eigenvalue weighted by Gasteiger charge is 2.45. The van der Waals surface area contributed by atoms with Gasteiger partial charge in [0.2, 0.25) is 0 Å². The van der Waals surface area contributed by atoms with Gasteiger partial charge in [0.15, 0.2) is 0 Å². The van der Waals surface area contributed by atoms with Gasteiger partial charge in [-0.2, -0.15) is 0 Å². The van der Waals surface area contributed by atoms with Crippen LogP contribution in [0.15, 0.2) is 12.2 Å². The van der Waals surface area contributed by atoms with Crippen molar-refractivity contribution < 1.29 is 14.6 Å². The van der Waals surface area contributed by atoms with Gasteiger partial charge >= 0.3 is 5.97 Å². The van der Waals surface area contributed by atoms with E-state index in [1.165, 1.54) is 0 Å². The second-order valence-electron chi connectivity index (χ2n) is 4.00. The maximum atomic E-state index is 10.9. The maximum Gasteiger partial charge on any atom is 0.331 e. The van der Waals surface area contributed by atoms with Crippen molar-refractivity contribution in [3.8, 4) is 0 Å². The zero-order chi connectivity index (χ0) is 10.8. The Hall–Kier alpha value is -0.830. The fraction of sp³-hybridized carbons (Fsp3) is 0.727. The van der Waals surface area contributed by atoms with Crippen LogP contribution in [0.2, 0.25) is 0 Å². The van der Waals surface area contributed by atoms with E-state index in [2.05, 4.69) is 13.5 Å². The molecule has 3 heteroatoms. The lowest BCUT2D eigenvalue weighted by Crippen LogP contribution is -2.49. The van der Waals surface area contributed by atoms with E-state index >= 15 is 0 Å². The molecule has 1 aliphatic heterocycles. The summed E-state index contributed by atoms with van der Waals surface area (Å²) >= 11 is 0. The highest BCUT2D eigenvalue weighted by atomic mass is 16.5. The molecule has 14 heavy (non-hydrogen) atoms. The Morgan fingerprint density at radius 1 is 1.57 bits per heavy atom. The molecule has 1 unspecified atom stereocenters. The lowest BCUT2D eigenvalue weighted by molar-refractivity contribution is -0.149. The third-order valence-corrected chi connectivity index (χ3v) is 3.33. The summed E-state index contributed by atoms with van der Waals surface area (Å²) in [5.41, 5.74) is 0.363. The molecule has 0 spiro atoms. The Kier molecular flexibility index (Phi) is 3.32. The third kappa shape index (κ3) is 1.69. The Morgan fingerprint density at radius 2 is 2.14 bits per heavy atom. The summed E-state index contributed by atoms with van der Waals surface area (Å²) in [5.74, 6) is -0.824. The summed E-state index contributed by atoms with van der Waals surface area (Å²) in [6.07, 6.45) is 1.78. The van der Waals surface area contributed by atoms with Crippen LogP contribution in [-0.2, 0) is 9.53 Å². The predicted molar refractivity (Wildman–Crippen MR) is 54.1 cm³/mol. The van der Waals surface area contributed by atoms with Crippen LogP contribution in [0.4, 0.5) is 0 Å². The zero-order valence-corrected chi connectivity index (χ0v) is 8.88. The quantitative estimate of drug-likeness (QED) is 0.688. The minimum Gasteiger partial charge on any atom is -0.478 e. The number of aliphatic carboxylic acids is 1. The first-order valence-corrected chi connectivity index (χ1v) is 5.07. The van der Waals surface area contributed by atoms with Crippen molar-refractivity contribution in [2.75, 3.05) is 13.2 Å². The Labute approximate surface area is 84.8 Å². The van der Waals surface area contributed by atoms with Crippen LogP contribution in [-0.4, -0.2) is 24.3 Å². The van der Waals surface area contributed by atoms with Gasteiger partial charge in [0.05, 0.1) is 13.2 Å². The van der Waals surface area contributed by atoms with E-state index < -0.39 is 5.97 Å². The lowest BCUT2D eigenvalue weighted by Gasteiger charge is -2.46. The van der Waals surface area contributed by atoms with Crippen molar-refractivity contribution in [2.45, 2.75) is 26.7 Å². The van der Waals surface area contributed by atoms with E-state index in [-0.39, 0.29) is 11.3 Å².